The average molecular weight is 264 g/mol. The maximum absolute atomic E-state index is 6.48. The Balaban J connectivity index is 3.50. The van der Waals surface area contributed by atoms with Crippen molar-refractivity contribution >= 4 is 13.5 Å². The normalized spacial score (nSPS) is 13.7. The summed E-state index contributed by atoms with van der Waals surface area (Å²) in [5, 5.41) is 1.75. The van der Waals surface area contributed by atoms with Gasteiger partial charge in [0.1, 0.15) is 0 Å². The van der Waals surface area contributed by atoms with Gasteiger partial charge in [-0.05, 0) is 22.2 Å². The van der Waals surface area contributed by atoms with E-state index in [0.29, 0.717) is 0 Å². The van der Waals surface area contributed by atoms with Crippen LogP contribution < -0.4 is 5.19 Å². The first-order valence-corrected chi connectivity index (χ1v) is 8.77. The lowest BCUT2D eigenvalue weighted by Crippen LogP contribution is -2.63. The molecule has 0 spiro atoms. The third-order valence-electron chi connectivity index (χ3n) is 3.65. The van der Waals surface area contributed by atoms with Crippen molar-refractivity contribution in [3.8, 4) is 0 Å². The second-order valence-corrected chi connectivity index (χ2v) is 12.2. The van der Waals surface area contributed by atoms with Crippen molar-refractivity contribution in [3.05, 3.63) is 30.3 Å². The molecule has 0 unspecified atom stereocenters. The van der Waals surface area contributed by atoms with E-state index >= 15 is 0 Å². The van der Waals surface area contributed by atoms with Gasteiger partial charge in [-0.1, -0.05) is 71.9 Å². The van der Waals surface area contributed by atoms with E-state index in [1.807, 2.05) is 0 Å². The van der Waals surface area contributed by atoms with E-state index in [9.17, 15) is 0 Å². The van der Waals surface area contributed by atoms with Gasteiger partial charge in [0.05, 0.1) is 0 Å². The van der Waals surface area contributed by atoms with E-state index in [0.717, 1.165) is 6.61 Å². The first-order chi connectivity index (χ1) is 8.17. The second kappa shape index (κ2) is 5.18. The summed E-state index contributed by atoms with van der Waals surface area (Å²) in [5.41, 5.74) is 0. The molecule has 0 saturated carbocycles. The van der Waals surface area contributed by atoms with Crippen LogP contribution in [0.25, 0.3) is 0 Å². The molecule has 0 heterocycles. The van der Waals surface area contributed by atoms with Crippen LogP contribution in [0.5, 0.6) is 0 Å². The van der Waals surface area contributed by atoms with Crippen molar-refractivity contribution in [2.75, 3.05) is 6.61 Å². The predicted molar refractivity (Wildman–Crippen MR) is 82.9 cm³/mol. The molecule has 2 heteroatoms. The fraction of sp³-hybridized carbons (Fsp3) is 0.625. The lowest BCUT2D eigenvalue weighted by Gasteiger charge is -2.50. The van der Waals surface area contributed by atoms with Crippen molar-refractivity contribution < 1.29 is 4.43 Å². The number of hydrogen-bond acceptors (Lipinski definition) is 1. The number of hydrogen-bond donors (Lipinski definition) is 0. The highest BCUT2D eigenvalue weighted by Crippen LogP contribution is 2.51. The highest BCUT2D eigenvalue weighted by molar-refractivity contribution is 6.91. The van der Waals surface area contributed by atoms with Crippen LogP contribution in [0.4, 0.5) is 0 Å². The first-order valence-electron chi connectivity index (χ1n) is 6.86. The maximum atomic E-state index is 6.48. The summed E-state index contributed by atoms with van der Waals surface area (Å²) in [6.07, 6.45) is 0. The zero-order valence-corrected chi connectivity index (χ0v) is 14.0. The summed E-state index contributed by atoms with van der Waals surface area (Å²) in [6, 6.07) is 10.8. The Kier molecular flexibility index (Phi) is 4.45. The summed E-state index contributed by atoms with van der Waals surface area (Å²) in [7, 11) is -2.07. The molecule has 102 valence electrons. The van der Waals surface area contributed by atoms with Gasteiger partial charge in [-0.2, -0.15) is 0 Å². The third kappa shape index (κ3) is 2.55. The van der Waals surface area contributed by atoms with Gasteiger partial charge in [-0.3, -0.25) is 0 Å². The summed E-state index contributed by atoms with van der Waals surface area (Å²) in [5.74, 6) is 0. The van der Waals surface area contributed by atoms with Crippen LogP contribution in [0, 0.1) is 0 Å². The van der Waals surface area contributed by atoms with E-state index in [4.69, 9.17) is 4.43 Å². The SMILES string of the molecule is CCO[Si](c1ccccc1)(C(C)(C)C)C(C)(C)C. The van der Waals surface area contributed by atoms with Gasteiger partial charge >= 0.3 is 0 Å². The molecule has 0 bridgehead atoms. The number of benzene rings is 1. The highest BCUT2D eigenvalue weighted by Gasteiger charge is 2.56. The smallest absolute Gasteiger partial charge is 0.234 e. The second-order valence-electron chi connectivity index (χ2n) is 6.98. The van der Waals surface area contributed by atoms with Gasteiger partial charge in [0.15, 0.2) is 0 Å². The molecule has 18 heavy (non-hydrogen) atoms. The molecule has 0 N–H and O–H groups in total. The Morgan fingerprint density at radius 2 is 1.33 bits per heavy atom. The van der Waals surface area contributed by atoms with Crippen LogP contribution in [0.2, 0.25) is 10.1 Å². The number of rotatable bonds is 3. The van der Waals surface area contributed by atoms with E-state index in [1.165, 1.54) is 5.19 Å². The van der Waals surface area contributed by atoms with E-state index in [1.54, 1.807) is 0 Å². The molecule has 0 aliphatic rings. The van der Waals surface area contributed by atoms with Gasteiger partial charge in [-0.25, -0.2) is 0 Å². The quantitative estimate of drug-likeness (QED) is 0.732. The molecule has 1 aromatic carbocycles. The monoisotopic (exact) mass is 264 g/mol. The molecule has 0 saturated heterocycles. The van der Waals surface area contributed by atoms with Crippen LogP contribution in [0.3, 0.4) is 0 Å². The van der Waals surface area contributed by atoms with Crippen LogP contribution in [0.1, 0.15) is 48.5 Å². The van der Waals surface area contributed by atoms with E-state index < -0.39 is 8.32 Å². The topological polar surface area (TPSA) is 9.23 Å². The average Bonchev–Trinajstić information content (AvgIpc) is 2.23. The Morgan fingerprint density at radius 1 is 0.889 bits per heavy atom. The molecule has 0 fully saturated rings. The van der Waals surface area contributed by atoms with E-state index in [2.05, 4.69) is 78.8 Å². The molecule has 0 atom stereocenters. The van der Waals surface area contributed by atoms with Crippen LogP contribution in [-0.4, -0.2) is 14.9 Å². The van der Waals surface area contributed by atoms with Gasteiger partial charge < -0.3 is 4.43 Å². The molecule has 0 amide bonds. The molecule has 0 radical (unpaired) electrons. The van der Waals surface area contributed by atoms with Crippen molar-refractivity contribution in [2.24, 2.45) is 0 Å². The van der Waals surface area contributed by atoms with Gasteiger partial charge in [-0.15, -0.1) is 0 Å². The Hall–Kier alpha value is -0.603. The molecule has 1 nitrogen and oxygen atoms in total. The molecule has 1 aromatic rings. The summed E-state index contributed by atoms with van der Waals surface area (Å²) in [6.45, 7) is 16.9. The minimum absolute atomic E-state index is 0.169. The first kappa shape index (κ1) is 15.5. The van der Waals surface area contributed by atoms with Gasteiger partial charge in [0.25, 0.3) is 0 Å². The van der Waals surface area contributed by atoms with Crippen molar-refractivity contribution in [1.82, 2.24) is 0 Å². The Bertz CT molecular complexity index is 356. The lowest BCUT2D eigenvalue weighted by molar-refractivity contribution is 0.285. The van der Waals surface area contributed by atoms with Crippen molar-refractivity contribution in [2.45, 2.75) is 58.5 Å². The summed E-state index contributed by atoms with van der Waals surface area (Å²) in [4.78, 5) is 0. The lowest BCUT2D eigenvalue weighted by atomic mass is 10.2. The molecular formula is C16H28OSi. The zero-order valence-electron chi connectivity index (χ0n) is 13.0. The molecule has 0 aliphatic heterocycles. The summed E-state index contributed by atoms with van der Waals surface area (Å²) < 4.78 is 6.48. The summed E-state index contributed by atoms with van der Waals surface area (Å²) >= 11 is 0. The molecule has 0 aliphatic carbocycles. The largest absolute Gasteiger partial charge is 0.412 e. The van der Waals surface area contributed by atoms with E-state index in [-0.39, 0.29) is 10.1 Å². The molecule has 0 aromatic heterocycles. The Morgan fingerprint density at radius 3 is 1.67 bits per heavy atom. The standard InChI is InChI=1S/C16H28OSi/c1-8-17-18(15(2,3)4,16(5,6)7)14-12-10-9-11-13-14/h9-13H,8H2,1-7H3. The molecular weight excluding hydrogens is 236 g/mol. The van der Waals surface area contributed by atoms with Crippen molar-refractivity contribution in [1.29, 1.82) is 0 Å². The predicted octanol–water partition coefficient (Wildman–Crippen LogP) is 4.48. The molecule has 1 rings (SSSR count). The maximum Gasteiger partial charge on any atom is 0.234 e. The fourth-order valence-corrected chi connectivity index (χ4v) is 9.51. The van der Waals surface area contributed by atoms with Gasteiger partial charge in [0.2, 0.25) is 8.32 Å². The minimum atomic E-state index is -2.07. The third-order valence-corrected chi connectivity index (χ3v) is 9.75. The van der Waals surface area contributed by atoms with Crippen molar-refractivity contribution in [3.63, 3.8) is 0 Å². The minimum Gasteiger partial charge on any atom is -0.412 e. The zero-order chi connectivity index (χ0) is 14.0. The van der Waals surface area contributed by atoms with Crippen LogP contribution in [-0.2, 0) is 4.43 Å². The van der Waals surface area contributed by atoms with Crippen LogP contribution in [0.15, 0.2) is 30.3 Å². The highest BCUT2D eigenvalue weighted by atomic mass is 28.4. The fourth-order valence-electron chi connectivity index (χ4n) is 3.40. The van der Waals surface area contributed by atoms with Crippen LogP contribution >= 0.6 is 0 Å². The van der Waals surface area contributed by atoms with Gasteiger partial charge in [0, 0.05) is 6.61 Å². The Labute approximate surface area is 114 Å².